The van der Waals surface area contributed by atoms with Gasteiger partial charge in [-0.2, -0.15) is 0 Å². The van der Waals surface area contributed by atoms with Crippen LogP contribution in [0, 0.1) is 0 Å². The topological polar surface area (TPSA) is 53.2 Å². The molecule has 1 fully saturated rings. The molecule has 1 aromatic heterocycles. The monoisotopic (exact) mass is 211 g/mol. The van der Waals surface area contributed by atoms with Crippen molar-refractivity contribution in [3.05, 3.63) is 17.5 Å². The minimum atomic E-state index is -0.110. The molecule has 5 heteroatoms. The van der Waals surface area contributed by atoms with Crippen LogP contribution in [0.2, 0.25) is 0 Å². The number of rotatable bonds is 2. The lowest BCUT2D eigenvalue weighted by Crippen LogP contribution is -2.38. The number of thiophene rings is 1. The van der Waals surface area contributed by atoms with Gasteiger partial charge in [0.2, 0.25) is 0 Å². The summed E-state index contributed by atoms with van der Waals surface area (Å²) in [6.07, 6.45) is 1.01. The Balaban J connectivity index is 1.78. The predicted molar refractivity (Wildman–Crippen MR) is 57.7 cm³/mol. The maximum absolute atomic E-state index is 11.4. The molecule has 3 N–H and O–H groups in total. The van der Waals surface area contributed by atoms with Gasteiger partial charge in [0.25, 0.3) is 0 Å². The van der Waals surface area contributed by atoms with Gasteiger partial charge in [0.15, 0.2) is 0 Å². The summed E-state index contributed by atoms with van der Waals surface area (Å²) in [5, 5.41) is 11.7. The van der Waals surface area contributed by atoms with Crippen LogP contribution in [0.5, 0.6) is 0 Å². The fourth-order valence-electron chi connectivity index (χ4n) is 1.46. The van der Waals surface area contributed by atoms with E-state index < -0.39 is 0 Å². The number of hydrogen-bond acceptors (Lipinski definition) is 3. The summed E-state index contributed by atoms with van der Waals surface area (Å²) in [6, 6.07) is 3.96. The first-order valence-electron chi connectivity index (χ1n) is 4.66. The third kappa shape index (κ3) is 2.46. The number of nitrogens with one attached hydrogen (secondary N) is 3. The third-order valence-electron chi connectivity index (χ3n) is 2.15. The van der Waals surface area contributed by atoms with Gasteiger partial charge >= 0.3 is 6.03 Å². The van der Waals surface area contributed by atoms with Crippen LogP contribution < -0.4 is 16.0 Å². The molecule has 0 spiro atoms. The zero-order valence-corrected chi connectivity index (χ0v) is 8.56. The third-order valence-corrected chi connectivity index (χ3v) is 2.94. The highest BCUT2D eigenvalue weighted by Crippen LogP contribution is 2.14. The zero-order valence-electron chi connectivity index (χ0n) is 7.75. The van der Waals surface area contributed by atoms with Crippen molar-refractivity contribution in [2.75, 3.05) is 18.4 Å². The van der Waals surface area contributed by atoms with Crippen LogP contribution in [0.4, 0.5) is 9.80 Å². The number of urea groups is 1. The molecule has 1 aromatic rings. The van der Waals surface area contributed by atoms with Gasteiger partial charge < -0.3 is 10.6 Å². The molecule has 1 aliphatic heterocycles. The highest BCUT2D eigenvalue weighted by molar-refractivity contribution is 7.14. The number of carbonyl (C=O) groups excluding carboxylic acids is 1. The van der Waals surface area contributed by atoms with Gasteiger partial charge in [-0.25, -0.2) is 4.79 Å². The smallest absolute Gasteiger partial charge is 0.320 e. The number of amides is 2. The molecule has 2 rings (SSSR count). The molecule has 1 aliphatic rings. The minimum Gasteiger partial charge on any atom is -0.334 e. The van der Waals surface area contributed by atoms with E-state index in [4.69, 9.17) is 0 Å². The van der Waals surface area contributed by atoms with Gasteiger partial charge in [0, 0.05) is 12.6 Å². The first kappa shape index (κ1) is 9.48. The highest BCUT2D eigenvalue weighted by Gasteiger charge is 2.16. The number of hydrogen-bond donors (Lipinski definition) is 3. The van der Waals surface area contributed by atoms with E-state index in [1.54, 1.807) is 0 Å². The second-order valence-corrected chi connectivity index (χ2v) is 4.21. The summed E-state index contributed by atoms with van der Waals surface area (Å²) in [6.45, 7) is 1.86. The van der Waals surface area contributed by atoms with E-state index in [9.17, 15) is 4.79 Å². The van der Waals surface area contributed by atoms with Crippen molar-refractivity contribution in [3.63, 3.8) is 0 Å². The number of anilines is 1. The molecule has 0 saturated carbocycles. The number of carbonyl (C=O) groups is 1. The molecular formula is C9H13N3OS. The highest BCUT2D eigenvalue weighted by atomic mass is 32.1. The van der Waals surface area contributed by atoms with Crippen molar-refractivity contribution >= 4 is 22.4 Å². The molecule has 0 radical (unpaired) electrons. The molecular weight excluding hydrogens is 198 g/mol. The fourth-order valence-corrected chi connectivity index (χ4v) is 2.07. The molecule has 0 aliphatic carbocycles. The van der Waals surface area contributed by atoms with Crippen molar-refractivity contribution in [1.82, 2.24) is 10.6 Å². The fraction of sp³-hybridized carbons (Fsp3) is 0.444. The first-order valence-corrected chi connectivity index (χ1v) is 5.54. The van der Waals surface area contributed by atoms with Gasteiger partial charge in [-0.1, -0.05) is 0 Å². The Kier molecular flexibility index (Phi) is 3.00. The molecule has 76 valence electrons. The Labute approximate surface area is 86.7 Å². The van der Waals surface area contributed by atoms with E-state index in [1.165, 1.54) is 11.3 Å². The summed E-state index contributed by atoms with van der Waals surface area (Å²) in [5.41, 5.74) is 0. The largest absolute Gasteiger partial charge is 0.334 e. The van der Waals surface area contributed by atoms with Crippen LogP contribution in [0.15, 0.2) is 17.5 Å². The first-order chi connectivity index (χ1) is 6.84. The van der Waals surface area contributed by atoms with Crippen LogP contribution in [0.3, 0.4) is 0 Å². The molecule has 4 nitrogen and oxygen atoms in total. The van der Waals surface area contributed by atoms with Crippen LogP contribution >= 0.6 is 11.3 Å². The maximum Gasteiger partial charge on any atom is 0.320 e. The Bertz CT molecular complexity index is 293. The van der Waals surface area contributed by atoms with Crippen molar-refractivity contribution in [2.24, 2.45) is 0 Å². The Morgan fingerprint density at radius 1 is 1.64 bits per heavy atom. The molecule has 14 heavy (non-hydrogen) atoms. The summed E-state index contributed by atoms with van der Waals surface area (Å²) < 4.78 is 0. The lowest BCUT2D eigenvalue weighted by atomic mass is 10.3. The van der Waals surface area contributed by atoms with Crippen LogP contribution in [0.1, 0.15) is 6.42 Å². The normalized spacial score (nSPS) is 20.7. The van der Waals surface area contributed by atoms with Crippen molar-refractivity contribution in [2.45, 2.75) is 12.5 Å². The Morgan fingerprint density at radius 2 is 2.57 bits per heavy atom. The van der Waals surface area contributed by atoms with Crippen molar-refractivity contribution in [1.29, 1.82) is 0 Å². The standard InChI is InChI=1S/C9H13N3OS/c13-9(11-7-3-4-10-6-7)12-8-2-1-5-14-8/h1-2,5,7,10H,3-4,6H2,(H2,11,12,13). The van der Waals surface area contributed by atoms with Gasteiger partial charge in [-0.05, 0) is 30.5 Å². The average molecular weight is 211 g/mol. The van der Waals surface area contributed by atoms with E-state index >= 15 is 0 Å². The molecule has 1 atom stereocenters. The lowest BCUT2D eigenvalue weighted by Gasteiger charge is -2.11. The van der Waals surface area contributed by atoms with Gasteiger partial charge in [-0.3, -0.25) is 5.32 Å². The Hall–Kier alpha value is -1.07. The van der Waals surface area contributed by atoms with E-state index in [2.05, 4.69) is 16.0 Å². The summed E-state index contributed by atoms with van der Waals surface area (Å²) in [7, 11) is 0. The van der Waals surface area contributed by atoms with Crippen molar-refractivity contribution < 1.29 is 4.79 Å². The van der Waals surface area contributed by atoms with Crippen LogP contribution in [0.25, 0.3) is 0 Å². The van der Waals surface area contributed by atoms with Gasteiger partial charge in [0.05, 0.1) is 5.00 Å². The molecule has 0 aromatic carbocycles. The Morgan fingerprint density at radius 3 is 3.21 bits per heavy atom. The van der Waals surface area contributed by atoms with E-state index in [0.29, 0.717) is 0 Å². The van der Waals surface area contributed by atoms with E-state index in [0.717, 1.165) is 24.5 Å². The summed E-state index contributed by atoms with van der Waals surface area (Å²) in [4.78, 5) is 11.4. The molecule has 2 amide bonds. The second kappa shape index (κ2) is 4.43. The maximum atomic E-state index is 11.4. The average Bonchev–Trinajstić information content (AvgIpc) is 2.76. The zero-order chi connectivity index (χ0) is 9.80. The molecule has 1 saturated heterocycles. The summed E-state index contributed by atoms with van der Waals surface area (Å²) in [5.74, 6) is 0. The molecule has 0 bridgehead atoms. The minimum absolute atomic E-state index is 0.110. The quantitative estimate of drug-likeness (QED) is 0.689. The molecule has 1 unspecified atom stereocenters. The molecule has 2 heterocycles. The van der Waals surface area contributed by atoms with Crippen LogP contribution in [-0.4, -0.2) is 25.2 Å². The SMILES string of the molecule is O=C(Nc1cccs1)NC1CCNC1. The van der Waals surface area contributed by atoms with Crippen LogP contribution in [-0.2, 0) is 0 Å². The second-order valence-electron chi connectivity index (χ2n) is 3.27. The van der Waals surface area contributed by atoms with Crippen molar-refractivity contribution in [3.8, 4) is 0 Å². The predicted octanol–water partition coefficient (Wildman–Crippen LogP) is 1.23. The van der Waals surface area contributed by atoms with Gasteiger partial charge in [0.1, 0.15) is 0 Å². The lowest BCUT2D eigenvalue weighted by molar-refractivity contribution is 0.249. The van der Waals surface area contributed by atoms with E-state index in [-0.39, 0.29) is 12.1 Å². The summed E-state index contributed by atoms with van der Waals surface area (Å²) >= 11 is 1.52. The van der Waals surface area contributed by atoms with E-state index in [1.807, 2.05) is 17.5 Å². The van der Waals surface area contributed by atoms with Gasteiger partial charge in [-0.15, -0.1) is 11.3 Å².